The molecule has 0 saturated heterocycles. The molecule has 2 aliphatic heterocycles. The summed E-state index contributed by atoms with van der Waals surface area (Å²) in [6.45, 7) is 9.40. The topological polar surface area (TPSA) is 6.25 Å². The first-order valence-electron chi connectivity index (χ1n) is 12.5. The van der Waals surface area contributed by atoms with Crippen molar-refractivity contribution in [3.63, 3.8) is 0 Å². The van der Waals surface area contributed by atoms with Gasteiger partial charge in [0.15, 0.2) is 5.71 Å². The Bertz CT molecular complexity index is 1620. The molecule has 182 valence electrons. The number of hydrogen-bond donors (Lipinski definition) is 0. The second kappa shape index (κ2) is 8.58. The number of anilines is 1. The van der Waals surface area contributed by atoms with Gasteiger partial charge in [0.05, 0.1) is 5.41 Å². The Balaban J connectivity index is 0.00000267. The molecule has 0 N–H and O–H groups in total. The molecule has 0 fully saturated rings. The molecule has 2 heterocycles. The van der Waals surface area contributed by atoms with Gasteiger partial charge in [-0.15, -0.1) is 0 Å². The molecule has 2 aliphatic rings. The van der Waals surface area contributed by atoms with Crippen LogP contribution in [0.3, 0.4) is 0 Å². The van der Waals surface area contributed by atoms with Crippen molar-refractivity contribution in [1.29, 1.82) is 0 Å². The van der Waals surface area contributed by atoms with Gasteiger partial charge in [-0.25, -0.2) is 0 Å². The molecular weight excluding hydrogens is 551 g/mol. The van der Waals surface area contributed by atoms with Gasteiger partial charge < -0.3 is 28.9 Å². The molecule has 0 atom stereocenters. The smallest absolute Gasteiger partial charge is 0.210 e. The summed E-state index contributed by atoms with van der Waals surface area (Å²) in [6.07, 6.45) is 6.88. The number of nitrogens with zero attached hydrogens (tertiary/aromatic N) is 2. The maximum absolute atomic E-state index is 2.36. The van der Waals surface area contributed by atoms with Crippen molar-refractivity contribution in [2.24, 2.45) is 0 Å². The average molecular weight is 585 g/mol. The summed E-state index contributed by atoms with van der Waals surface area (Å²) in [5.41, 5.74) is 7.94. The molecule has 0 aromatic heterocycles. The number of halogens is 1. The van der Waals surface area contributed by atoms with Crippen LogP contribution in [0.4, 0.5) is 11.4 Å². The van der Waals surface area contributed by atoms with Crippen molar-refractivity contribution in [2.75, 3.05) is 19.0 Å². The van der Waals surface area contributed by atoms with E-state index in [-0.39, 0.29) is 34.8 Å². The lowest BCUT2D eigenvalue weighted by atomic mass is 9.79. The third-order valence-corrected chi connectivity index (χ3v) is 8.30. The first kappa shape index (κ1) is 24.8. The summed E-state index contributed by atoms with van der Waals surface area (Å²) in [4.78, 5) is 2.36. The molecule has 0 unspecified atom stereocenters. The van der Waals surface area contributed by atoms with E-state index in [1.165, 1.54) is 55.5 Å². The zero-order valence-electron chi connectivity index (χ0n) is 21.9. The van der Waals surface area contributed by atoms with Crippen LogP contribution in [-0.2, 0) is 10.8 Å². The van der Waals surface area contributed by atoms with Crippen molar-refractivity contribution in [1.82, 2.24) is 0 Å². The zero-order chi connectivity index (χ0) is 24.5. The van der Waals surface area contributed by atoms with E-state index in [9.17, 15) is 0 Å². The monoisotopic (exact) mass is 584 g/mol. The van der Waals surface area contributed by atoms with E-state index >= 15 is 0 Å². The summed E-state index contributed by atoms with van der Waals surface area (Å²) in [5.74, 6) is 0. The van der Waals surface area contributed by atoms with Gasteiger partial charge in [0.2, 0.25) is 5.69 Å². The van der Waals surface area contributed by atoms with Gasteiger partial charge in [0, 0.05) is 41.6 Å². The predicted octanol–water partition coefficient (Wildman–Crippen LogP) is 4.87. The second-order valence-electron chi connectivity index (χ2n) is 11.0. The number of allylic oxidation sites excluding steroid dienone is 4. The number of rotatable bonds is 2. The molecule has 0 radical (unpaired) electrons. The van der Waals surface area contributed by atoms with Crippen LogP contribution in [-0.4, -0.2) is 24.4 Å². The van der Waals surface area contributed by atoms with Gasteiger partial charge in [-0.1, -0.05) is 74.5 Å². The molecule has 0 bridgehead atoms. The first-order valence-corrected chi connectivity index (χ1v) is 12.5. The largest absolute Gasteiger partial charge is 1.00 e. The maximum Gasteiger partial charge on any atom is 0.210 e. The van der Waals surface area contributed by atoms with Crippen LogP contribution in [0.15, 0.2) is 96.7 Å². The van der Waals surface area contributed by atoms with Crippen LogP contribution < -0.4 is 28.9 Å². The highest BCUT2D eigenvalue weighted by atomic mass is 127. The van der Waals surface area contributed by atoms with Gasteiger partial charge in [-0.2, -0.15) is 4.58 Å². The van der Waals surface area contributed by atoms with Gasteiger partial charge in [-0.3, -0.25) is 0 Å². The van der Waals surface area contributed by atoms with E-state index in [1.54, 1.807) is 0 Å². The van der Waals surface area contributed by atoms with E-state index in [2.05, 4.69) is 142 Å². The first-order chi connectivity index (χ1) is 16.7. The predicted molar refractivity (Wildman–Crippen MR) is 150 cm³/mol. The number of hydrogen-bond acceptors (Lipinski definition) is 1. The van der Waals surface area contributed by atoms with E-state index < -0.39 is 0 Å². The van der Waals surface area contributed by atoms with Crippen molar-refractivity contribution < 1.29 is 28.6 Å². The van der Waals surface area contributed by atoms with E-state index in [4.69, 9.17) is 0 Å². The van der Waals surface area contributed by atoms with Crippen molar-refractivity contribution >= 4 is 38.6 Å². The fourth-order valence-electron chi connectivity index (χ4n) is 6.62. The minimum atomic E-state index is -0.0732. The number of likely N-dealkylation sites (N-methyl/N-ethyl adjacent to an activating group) is 1. The Labute approximate surface area is 231 Å². The highest BCUT2D eigenvalue weighted by molar-refractivity contribution is 6.07. The summed E-state index contributed by atoms with van der Waals surface area (Å²) in [7, 11) is 4.39. The standard InChI is InChI=1S/C33H33N2.HI/c1-32(2)28(34(5)26-20-18-22-12-7-9-14-24(22)30(26)32)16-11-17-29-33(3,4)31-25-15-10-8-13-23(25)19-21-27(31)35(29)6;/h7-21H,1-6H3;1H/q+1;/p-1. The highest BCUT2D eigenvalue weighted by Crippen LogP contribution is 2.50. The lowest BCUT2D eigenvalue weighted by Gasteiger charge is -2.24. The minimum absolute atomic E-state index is 0. The van der Waals surface area contributed by atoms with E-state index in [0.717, 1.165) is 0 Å². The molecule has 0 aliphatic carbocycles. The Morgan fingerprint density at radius 2 is 1.31 bits per heavy atom. The van der Waals surface area contributed by atoms with Crippen LogP contribution >= 0.6 is 0 Å². The van der Waals surface area contributed by atoms with E-state index in [0.29, 0.717) is 0 Å². The molecule has 2 nitrogen and oxygen atoms in total. The summed E-state index contributed by atoms with van der Waals surface area (Å²) in [5, 5.41) is 5.31. The number of benzene rings is 4. The van der Waals surface area contributed by atoms with Crippen molar-refractivity contribution in [3.8, 4) is 0 Å². The average Bonchev–Trinajstić information content (AvgIpc) is 3.17. The van der Waals surface area contributed by atoms with E-state index in [1.807, 2.05) is 0 Å². The quantitative estimate of drug-likeness (QED) is 0.241. The Hall–Kier alpha value is -2.92. The molecule has 4 aromatic carbocycles. The van der Waals surface area contributed by atoms with Gasteiger partial charge >= 0.3 is 0 Å². The molecule has 6 rings (SSSR count). The van der Waals surface area contributed by atoms with Gasteiger partial charge in [0.25, 0.3) is 0 Å². The van der Waals surface area contributed by atoms with Crippen LogP contribution in [0.5, 0.6) is 0 Å². The van der Waals surface area contributed by atoms with Gasteiger partial charge in [0.1, 0.15) is 7.05 Å². The second-order valence-corrected chi connectivity index (χ2v) is 11.0. The molecule has 3 heteroatoms. The molecule has 4 aromatic rings. The van der Waals surface area contributed by atoms with Crippen LogP contribution in [0.1, 0.15) is 38.8 Å². The van der Waals surface area contributed by atoms with Crippen LogP contribution in [0, 0.1) is 0 Å². The fourth-order valence-corrected chi connectivity index (χ4v) is 6.62. The molecular formula is C33H33IN2. The maximum atomic E-state index is 2.36. The third-order valence-electron chi connectivity index (χ3n) is 8.30. The van der Waals surface area contributed by atoms with Crippen LogP contribution in [0.25, 0.3) is 21.5 Å². The Morgan fingerprint density at radius 3 is 1.97 bits per heavy atom. The minimum Gasteiger partial charge on any atom is -1.00 e. The molecule has 0 saturated carbocycles. The molecule has 0 amide bonds. The Morgan fingerprint density at radius 1 is 0.722 bits per heavy atom. The summed E-state index contributed by atoms with van der Waals surface area (Å²) >= 11 is 0. The Kier molecular flexibility index (Phi) is 5.90. The van der Waals surface area contributed by atoms with Gasteiger partial charge in [-0.05, 0) is 59.2 Å². The molecule has 36 heavy (non-hydrogen) atoms. The lowest BCUT2D eigenvalue weighted by molar-refractivity contribution is -0.401. The van der Waals surface area contributed by atoms with Crippen molar-refractivity contribution in [3.05, 3.63) is 108 Å². The molecule has 0 spiro atoms. The normalized spacial score (nSPS) is 18.8. The zero-order valence-corrected chi connectivity index (χ0v) is 24.1. The van der Waals surface area contributed by atoms with Crippen molar-refractivity contribution in [2.45, 2.75) is 38.5 Å². The SMILES string of the molecule is CN1C(=CC=CC2=[N+](C)c3ccc4ccccc4c3C2(C)C)C(C)(C)c2c1ccc1ccccc21.[I-]. The highest BCUT2D eigenvalue weighted by Gasteiger charge is 2.44. The summed E-state index contributed by atoms with van der Waals surface area (Å²) < 4.78 is 2.36. The number of fused-ring (bicyclic) bond motifs is 6. The summed E-state index contributed by atoms with van der Waals surface area (Å²) in [6, 6.07) is 26.5. The van der Waals surface area contributed by atoms with Crippen LogP contribution in [0.2, 0.25) is 0 Å². The lowest BCUT2D eigenvalue weighted by Crippen LogP contribution is -3.00. The fraction of sp³-hybridized carbons (Fsp3) is 0.242. The third kappa shape index (κ3) is 3.39.